The number of thioether (sulfide) groups is 1. The van der Waals surface area contributed by atoms with Crippen LogP contribution < -0.4 is 0 Å². The molecule has 0 atom stereocenters. The molecule has 3 rings (SSSR count). The van der Waals surface area contributed by atoms with E-state index in [4.69, 9.17) is 4.74 Å². The van der Waals surface area contributed by atoms with E-state index in [0.29, 0.717) is 12.1 Å². The molecule has 0 aromatic carbocycles. The summed E-state index contributed by atoms with van der Waals surface area (Å²) in [5, 5.41) is 3.59. The van der Waals surface area contributed by atoms with Crippen molar-refractivity contribution < 1.29 is 14.3 Å². The van der Waals surface area contributed by atoms with Gasteiger partial charge in [-0.3, -0.25) is 9.59 Å². The Labute approximate surface area is 165 Å². The van der Waals surface area contributed by atoms with E-state index in [2.05, 4.69) is 16.5 Å². The third-order valence-electron chi connectivity index (χ3n) is 4.10. The van der Waals surface area contributed by atoms with Crippen molar-refractivity contribution in [2.45, 2.75) is 25.4 Å². The van der Waals surface area contributed by atoms with Crippen LogP contribution in [0.2, 0.25) is 0 Å². The van der Waals surface area contributed by atoms with Gasteiger partial charge < -0.3 is 9.30 Å². The van der Waals surface area contributed by atoms with Crippen LogP contribution in [-0.2, 0) is 16.1 Å². The highest BCUT2D eigenvalue weighted by Crippen LogP contribution is 2.27. The lowest BCUT2D eigenvalue weighted by atomic mass is 10.1. The molecule has 0 bridgehead atoms. The van der Waals surface area contributed by atoms with Crippen LogP contribution in [0.3, 0.4) is 0 Å². The fourth-order valence-corrected chi connectivity index (χ4v) is 4.35. The van der Waals surface area contributed by atoms with Gasteiger partial charge in [0.05, 0.1) is 5.75 Å². The molecule has 140 valence electrons. The topological polar surface area (TPSA) is 74.1 Å². The first-order valence-corrected chi connectivity index (χ1v) is 10.1. The Bertz CT molecular complexity index is 1010. The zero-order valence-electron chi connectivity index (χ0n) is 15.1. The number of aryl methyl sites for hydroxylation is 1. The molecule has 6 nitrogen and oxygen atoms in total. The summed E-state index contributed by atoms with van der Waals surface area (Å²) in [5.74, 6) is -0.570. The van der Waals surface area contributed by atoms with E-state index in [1.54, 1.807) is 6.08 Å². The van der Waals surface area contributed by atoms with Crippen LogP contribution in [0.5, 0.6) is 0 Å². The van der Waals surface area contributed by atoms with Gasteiger partial charge in [0.25, 0.3) is 0 Å². The third kappa shape index (κ3) is 4.28. The average Bonchev–Trinajstić information content (AvgIpc) is 3.25. The number of aromatic nitrogens is 3. The fourth-order valence-electron chi connectivity index (χ4n) is 2.77. The molecule has 0 aliphatic rings. The summed E-state index contributed by atoms with van der Waals surface area (Å²) in [6, 6.07) is 3.74. The molecular formula is C19H19N3O3S2. The molecule has 8 heteroatoms. The first kappa shape index (κ1) is 19.3. The van der Waals surface area contributed by atoms with Crippen molar-refractivity contribution >= 4 is 45.1 Å². The molecule has 3 heterocycles. The number of ether oxygens (including phenoxy) is 1. The normalized spacial score (nSPS) is 10.9. The zero-order chi connectivity index (χ0) is 19.4. The second-order valence-electron chi connectivity index (χ2n) is 5.87. The minimum Gasteiger partial charge on any atom is -0.457 e. The first-order chi connectivity index (χ1) is 13.0. The summed E-state index contributed by atoms with van der Waals surface area (Å²) in [7, 11) is 0. The molecule has 0 aliphatic carbocycles. The van der Waals surface area contributed by atoms with Crippen molar-refractivity contribution in [2.24, 2.45) is 0 Å². The third-order valence-corrected chi connectivity index (χ3v) is 5.90. The van der Waals surface area contributed by atoms with Gasteiger partial charge in [0, 0.05) is 28.9 Å². The maximum absolute atomic E-state index is 12.4. The standard InChI is InChI=1S/C19H19N3O3S2/c1-4-6-22-12(2)8-15(13(22)3)16(23)9-25-17(24)10-27-19-14-5-7-26-18(14)20-11-21-19/h4-5,7-8,11H,1,6,9-10H2,2-3H3. The van der Waals surface area contributed by atoms with Gasteiger partial charge >= 0.3 is 5.97 Å². The van der Waals surface area contributed by atoms with Gasteiger partial charge in [-0.2, -0.15) is 0 Å². The summed E-state index contributed by atoms with van der Waals surface area (Å²) in [6.07, 6.45) is 3.26. The summed E-state index contributed by atoms with van der Waals surface area (Å²) in [4.78, 5) is 33.7. The summed E-state index contributed by atoms with van der Waals surface area (Å²) in [5.41, 5.74) is 2.40. The van der Waals surface area contributed by atoms with Crippen molar-refractivity contribution in [3.05, 3.63) is 53.4 Å². The molecule has 0 radical (unpaired) electrons. The number of allylic oxidation sites excluding steroid dienone is 1. The number of hydrogen-bond acceptors (Lipinski definition) is 7. The smallest absolute Gasteiger partial charge is 0.316 e. The Kier molecular flexibility index (Phi) is 6.08. The minimum absolute atomic E-state index is 0.0880. The van der Waals surface area contributed by atoms with E-state index in [1.807, 2.05) is 35.9 Å². The second-order valence-corrected chi connectivity index (χ2v) is 7.73. The molecule has 0 fully saturated rings. The highest BCUT2D eigenvalue weighted by Gasteiger charge is 2.17. The number of esters is 1. The summed E-state index contributed by atoms with van der Waals surface area (Å²) in [6.45, 7) is 7.91. The molecule has 3 aromatic rings. The lowest BCUT2D eigenvalue weighted by Crippen LogP contribution is -2.16. The highest BCUT2D eigenvalue weighted by atomic mass is 32.2. The Morgan fingerprint density at radius 1 is 1.37 bits per heavy atom. The van der Waals surface area contributed by atoms with E-state index >= 15 is 0 Å². The average molecular weight is 402 g/mol. The number of hydrogen-bond donors (Lipinski definition) is 0. The van der Waals surface area contributed by atoms with Gasteiger partial charge in [0.1, 0.15) is 16.2 Å². The van der Waals surface area contributed by atoms with Crippen LogP contribution in [0.25, 0.3) is 10.2 Å². The van der Waals surface area contributed by atoms with Crippen molar-refractivity contribution in [2.75, 3.05) is 12.4 Å². The lowest BCUT2D eigenvalue weighted by Gasteiger charge is -2.07. The van der Waals surface area contributed by atoms with Crippen LogP contribution in [-0.4, -0.2) is 38.6 Å². The number of carbonyl (C=O) groups is 2. The molecule has 0 unspecified atom stereocenters. The molecule has 0 amide bonds. The van der Waals surface area contributed by atoms with Crippen LogP contribution in [0.1, 0.15) is 21.7 Å². The van der Waals surface area contributed by atoms with Gasteiger partial charge in [-0.15, -0.1) is 17.9 Å². The Morgan fingerprint density at radius 3 is 2.96 bits per heavy atom. The lowest BCUT2D eigenvalue weighted by molar-refractivity contribution is -0.139. The fraction of sp³-hybridized carbons (Fsp3) is 0.263. The molecule has 0 spiro atoms. The summed E-state index contributed by atoms with van der Waals surface area (Å²) >= 11 is 2.80. The van der Waals surface area contributed by atoms with E-state index in [-0.39, 0.29) is 18.1 Å². The largest absolute Gasteiger partial charge is 0.457 e. The predicted molar refractivity (Wildman–Crippen MR) is 108 cm³/mol. The monoisotopic (exact) mass is 401 g/mol. The number of nitrogens with zero attached hydrogens (tertiary/aromatic N) is 3. The van der Waals surface area contributed by atoms with Gasteiger partial charge in [-0.05, 0) is 31.4 Å². The number of fused-ring (bicyclic) bond motifs is 1. The highest BCUT2D eigenvalue weighted by molar-refractivity contribution is 8.00. The molecule has 0 saturated heterocycles. The van der Waals surface area contributed by atoms with Crippen molar-refractivity contribution in [3.63, 3.8) is 0 Å². The van der Waals surface area contributed by atoms with E-state index < -0.39 is 5.97 Å². The maximum Gasteiger partial charge on any atom is 0.316 e. The van der Waals surface area contributed by atoms with Gasteiger partial charge in [-0.25, -0.2) is 9.97 Å². The first-order valence-electron chi connectivity index (χ1n) is 8.28. The van der Waals surface area contributed by atoms with Crippen LogP contribution >= 0.6 is 23.1 Å². The van der Waals surface area contributed by atoms with Crippen LogP contribution in [0, 0.1) is 13.8 Å². The molecule has 3 aromatic heterocycles. The number of Topliss-reactive ketones (excluding diaryl/α,β-unsaturated/α-hetero) is 1. The van der Waals surface area contributed by atoms with Crippen LogP contribution in [0.15, 0.2) is 41.5 Å². The van der Waals surface area contributed by atoms with Gasteiger partial charge in [-0.1, -0.05) is 17.8 Å². The number of ketones is 1. The molecule has 27 heavy (non-hydrogen) atoms. The summed E-state index contributed by atoms with van der Waals surface area (Å²) < 4.78 is 7.16. The van der Waals surface area contributed by atoms with E-state index in [1.165, 1.54) is 29.4 Å². The number of thiophene rings is 1. The van der Waals surface area contributed by atoms with Crippen LogP contribution in [0.4, 0.5) is 0 Å². The van der Waals surface area contributed by atoms with Crippen molar-refractivity contribution in [1.82, 2.24) is 14.5 Å². The number of carbonyl (C=O) groups excluding carboxylic acids is 2. The Hall–Kier alpha value is -2.45. The van der Waals surface area contributed by atoms with Gasteiger partial charge in [0.15, 0.2) is 6.61 Å². The molecule has 0 saturated carbocycles. The van der Waals surface area contributed by atoms with Gasteiger partial charge in [0.2, 0.25) is 5.78 Å². The number of rotatable bonds is 8. The van der Waals surface area contributed by atoms with Crippen molar-refractivity contribution in [1.29, 1.82) is 0 Å². The SMILES string of the molecule is C=CCn1c(C)cc(C(=O)COC(=O)CSc2ncnc3sccc23)c1C. The Balaban J connectivity index is 1.56. The quantitative estimate of drug-likeness (QED) is 0.188. The van der Waals surface area contributed by atoms with E-state index in [9.17, 15) is 9.59 Å². The Morgan fingerprint density at radius 2 is 2.19 bits per heavy atom. The second kappa shape index (κ2) is 8.49. The maximum atomic E-state index is 12.4. The molecule has 0 N–H and O–H groups in total. The molecule has 0 aliphatic heterocycles. The predicted octanol–water partition coefficient (Wildman–Crippen LogP) is 3.81. The molecular weight excluding hydrogens is 382 g/mol. The van der Waals surface area contributed by atoms with E-state index in [0.717, 1.165) is 26.6 Å². The zero-order valence-corrected chi connectivity index (χ0v) is 16.7. The minimum atomic E-state index is -0.449. The van der Waals surface area contributed by atoms with Crippen molar-refractivity contribution in [3.8, 4) is 0 Å².